The van der Waals surface area contributed by atoms with Crippen molar-refractivity contribution in [2.75, 3.05) is 7.11 Å². The average Bonchev–Trinajstić information content (AvgIpc) is 2.38. The molecule has 0 spiro atoms. The van der Waals surface area contributed by atoms with E-state index in [-0.39, 0.29) is 0 Å². The van der Waals surface area contributed by atoms with Gasteiger partial charge in [-0.2, -0.15) is 0 Å². The third-order valence-corrected chi connectivity index (χ3v) is 2.47. The maximum atomic E-state index is 11.3. The quantitative estimate of drug-likeness (QED) is 0.740. The summed E-state index contributed by atoms with van der Waals surface area (Å²) in [5.74, 6) is -0.422. The number of methoxy groups -OCH3 is 1. The van der Waals surface area contributed by atoms with Crippen molar-refractivity contribution in [1.29, 1.82) is 0 Å². The van der Waals surface area contributed by atoms with Crippen LogP contribution in [0.4, 0.5) is 0 Å². The number of hydrogen-bond donors (Lipinski definition) is 0. The Bertz CT molecular complexity index is 538. The Morgan fingerprint density at radius 3 is 2.47 bits per heavy atom. The lowest BCUT2D eigenvalue weighted by Gasteiger charge is -2.06. The van der Waals surface area contributed by atoms with Gasteiger partial charge >= 0.3 is 5.97 Å². The van der Waals surface area contributed by atoms with Crippen molar-refractivity contribution in [3.05, 3.63) is 48.0 Å². The Balaban J connectivity index is 2.42. The van der Waals surface area contributed by atoms with Crippen LogP contribution in [0.15, 0.2) is 36.7 Å². The number of rotatable bonds is 2. The molecule has 0 aromatic carbocycles. The van der Waals surface area contributed by atoms with Crippen LogP contribution in [0.25, 0.3) is 11.1 Å². The predicted octanol–water partition coefficient (Wildman–Crippen LogP) is 2.24. The Morgan fingerprint density at radius 2 is 1.88 bits per heavy atom. The van der Waals surface area contributed by atoms with Gasteiger partial charge in [-0.05, 0) is 30.7 Å². The van der Waals surface area contributed by atoms with Crippen molar-refractivity contribution >= 4 is 5.97 Å². The molecule has 0 amide bonds. The molecule has 0 aliphatic carbocycles. The van der Waals surface area contributed by atoms with Crippen molar-refractivity contribution in [1.82, 2.24) is 9.97 Å². The molecule has 0 aliphatic rings. The van der Waals surface area contributed by atoms with E-state index in [2.05, 4.69) is 14.7 Å². The zero-order valence-corrected chi connectivity index (χ0v) is 9.68. The van der Waals surface area contributed by atoms with E-state index in [0.717, 1.165) is 16.8 Å². The van der Waals surface area contributed by atoms with Crippen molar-refractivity contribution in [3.63, 3.8) is 0 Å². The summed E-state index contributed by atoms with van der Waals surface area (Å²) in [5, 5.41) is 0. The Labute approximate surface area is 99.3 Å². The molecule has 0 atom stereocenters. The third-order valence-electron chi connectivity index (χ3n) is 2.47. The highest BCUT2D eigenvalue weighted by molar-refractivity contribution is 5.87. The fraction of sp³-hybridized carbons (Fsp3) is 0.154. The zero-order chi connectivity index (χ0) is 12.3. The van der Waals surface area contributed by atoms with Gasteiger partial charge in [0, 0.05) is 23.7 Å². The van der Waals surface area contributed by atoms with E-state index in [9.17, 15) is 4.79 Å². The number of ether oxygens (including phenoxy) is 1. The second-order valence-corrected chi connectivity index (χ2v) is 3.56. The van der Waals surface area contributed by atoms with Gasteiger partial charge in [0.05, 0.1) is 7.11 Å². The zero-order valence-electron chi connectivity index (χ0n) is 9.68. The molecule has 2 aromatic rings. The van der Waals surface area contributed by atoms with Gasteiger partial charge in [0.15, 0.2) is 0 Å². The van der Waals surface area contributed by atoms with E-state index in [0.29, 0.717) is 5.69 Å². The van der Waals surface area contributed by atoms with Crippen LogP contribution in [0.3, 0.4) is 0 Å². The minimum absolute atomic E-state index is 0.322. The summed E-state index contributed by atoms with van der Waals surface area (Å²) in [6, 6.07) is 7.34. The Kier molecular flexibility index (Phi) is 3.14. The first kappa shape index (κ1) is 11.3. The molecule has 0 saturated heterocycles. The summed E-state index contributed by atoms with van der Waals surface area (Å²) < 4.78 is 4.63. The lowest BCUT2D eigenvalue weighted by atomic mass is 10.1. The van der Waals surface area contributed by atoms with Crippen molar-refractivity contribution in [3.8, 4) is 11.1 Å². The number of carbonyl (C=O) groups is 1. The average molecular weight is 228 g/mol. The van der Waals surface area contributed by atoms with Crippen LogP contribution in [0.1, 0.15) is 16.2 Å². The Morgan fingerprint density at radius 1 is 1.18 bits per heavy atom. The molecule has 0 radical (unpaired) electrons. The van der Waals surface area contributed by atoms with Crippen molar-refractivity contribution in [2.45, 2.75) is 6.92 Å². The van der Waals surface area contributed by atoms with Gasteiger partial charge in [-0.15, -0.1) is 0 Å². The lowest BCUT2D eigenvalue weighted by molar-refractivity contribution is 0.0594. The number of carbonyl (C=O) groups excluding carboxylic acids is 1. The number of aryl methyl sites for hydroxylation is 1. The number of hydrogen-bond acceptors (Lipinski definition) is 4. The fourth-order valence-electron chi connectivity index (χ4n) is 1.62. The van der Waals surface area contributed by atoms with Gasteiger partial charge in [0.2, 0.25) is 0 Å². The molecule has 0 N–H and O–H groups in total. The number of aromatic nitrogens is 2. The van der Waals surface area contributed by atoms with E-state index >= 15 is 0 Å². The molecule has 0 aliphatic heterocycles. The van der Waals surface area contributed by atoms with E-state index in [1.165, 1.54) is 7.11 Å². The summed E-state index contributed by atoms with van der Waals surface area (Å²) in [5.41, 5.74) is 3.13. The molecule has 86 valence electrons. The molecular formula is C13H12N2O2. The van der Waals surface area contributed by atoms with E-state index in [1.54, 1.807) is 18.5 Å². The summed E-state index contributed by atoms with van der Waals surface area (Å²) in [7, 11) is 1.34. The van der Waals surface area contributed by atoms with Gasteiger partial charge in [0.25, 0.3) is 0 Å². The van der Waals surface area contributed by atoms with E-state index in [1.807, 2.05) is 25.1 Å². The second-order valence-electron chi connectivity index (χ2n) is 3.56. The molecule has 0 fully saturated rings. The van der Waals surface area contributed by atoms with Crippen LogP contribution in [-0.4, -0.2) is 23.0 Å². The summed E-state index contributed by atoms with van der Waals surface area (Å²) >= 11 is 0. The first-order valence-corrected chi connectivity index (χ1v) is 5.18. The van der Waals surface area contributed by atoms with E-state index < -0.39 is 5.97 Å². The molecule has 2 rings (SSSR count). The largest absolute Gasteiger partial charge is 0.464 e. The van der Waals surface area contributed by atoms with Crippen molar-refractivity contribution < 1.29 is 9.53 Å². The van der Waals surface area contributed by atoms with Gasteiger partial charge < -0.3 is 4.74 Å². The normalized spacial score (nSPS) is 10.0. The molecular weight excluding hydrogens is 216 g/mol. The summed E-state index contributed by atoms with van der Waals surface area (Å²) in [6.45, 7) is 1.86. The molecule has 4 heteroatoms. The highest BCUT2D eigenvalue weighted by atomic mass is 16.5. The highest BCUT2D eigenvalue weighted by Gasteiger charge is 2.10. The molecule has 0 saturated carbocycles. The SMILES string of the molecule is COC(=O)c1ccc(-c2ccncc2)c(C)n1. The summed E-state index contributed by atoms with van der Waals surface area (Å²) in [4.78, 5) is 19.5. The van der Waals surface area contributed by atoms with Gasteiger partial charge in [0.1, 0.15) is 5.69 Å². The van der Waals surface area contributed by atoms with Crippen LogP contribution in [0.2, 0.25) is 0 Å². The van der Waals surface area contributed by atoms with Gasteiger partial charge in [-0.25, -0.2) is 9.78 Å². The predicted molar refractivity (Wildman–Crippen MR) is 63.5 cm³/mol. The molecule has 0 bridgehead atoms. The lowest BCUT2D eigenvalue weighted by Crippen LogP contribution is -2.05. The second kappa shape index (κ2) is 4.74. The topological polar surface area (TPSA) is 52.1 Å². The van der Waals surface area contributed by atoms with Gasteiger partial charge in [-0.3, -0.25) is 4.98 Å². The van der Waals surface area contributed by atoms with E-state index in [4.69, 9.17) is 0 Å². The summed E-state index contributed by atoms with van der Waals surface area (Å²) in [6.07, 6.45) is 3.45. The van der Waals surface area contributed by atoms with Crippen molar-refractivity contribution in [2.24, 2.45) is 0 Å². The van der Waals surface area contributed by atoms with Gasteiger partial charge in [-0.1, -0.05) is 6.07 Å². The minimum Gasteiger partial charge on any atom is -0.464 e. The molecule has 2 heterocycles. The molecule has 4 nitrogen and oxygen atoms in total. The third kappa shape index (κ3) is 2.30. The van der Waals surface area contributed by atoms with Crippen LogP contribution >= 0.6 is 0 Å². The molecule has 2 aromatic heterocycles. The van der Waals surface area contributed by atoms with Crippen LogP contribution in [0.5, 0.6) is 0 Å². The maximum absolute atomic E-state index is 11.3. The first-order chi connectivity index (χ1) is 8.22. The minimum atomic E-state index is -0.422. The van der Waals surface area contributed by atoms with Crippen LogP contribution in [-0.2, 0) is 4.74 Å². The highest BCUT2D eigenvalue weighted by Crippen LogP contribution is 2.21. The maximum Gasteiger partial charge on any atom is 0.356 e. The fourth-order valence-corrected chi connectivity index (χ4v) is 1.62. The molecule has 0 unspecified atom stereocenters. The molecule has 17 heavy (non-hydrogen) atoms. The first-order valence-electron chi connectivity index (χ1n) is 5.18. The Hall–Kier alpha value is -2.23. The smallest absolute Gasteiger partial charge is 0.356 e. The number of pyridine rings is 2. The standard InChI is InChI=1S/C13H12N2O2/c1-9-11(10-5-7-14-8-6-10)3-4-12(15-9)13(16)17-2/h3-8H,1-2H3. The van der Waals surface area contributed by atoms with Crippen LogP contribution in [0, 0.1) is 6.92 Å². The number of nitrogens with zero attached hydrogens (tertiary/aromatic N) is 2. The van der Waals surface area contributed by atoms with Crippen LogP contribution < -0.4 is 0 Å². The monoisotopic (exact) mass is 228 g/mol. The number of esters is 1.